The highest BCUT2D eigenvalue weighted by Crippen LogP contribution is 2.28. The van der Waals surface area contributed by atoms with Crippen LogP contribution in [-0.2, 0) is 9.53 Å². The molecule has 5 heteroatoms. The lowest BCUT2D eigenvalue weighted by Gasteiger charge is -2.35. The zero-order valence-electron chi connectivity index (χ0n) is 12.5. The van der Waals surface area contributed by atoms with Gasteiger partial charge in [-0.25, -0.2) is 4.79 Å². The van der Waals surface area contributed by atoms with Gasteiger partial charge in [0.15, 0.2) is 0 Å². The Hall–Kier alpha value is -0.910. The topological polar surface area (TPSA) is 87.0 Å². The van der Waals surface area contributed by atoms with Gasteiger partial charge in [0.25, 0.3) is 0 Å². The van der Waals surface area contributed by atoms with Crippen LogP contribution in [0.1, 0.15) is 45.4 Å². The van der Waals surface area contributed by atoms with Crippen molar-refractivity contribution in [2.45, 2.75) is 69.9 Å². The average molecular weight is 298 g/mol. The van der Waals surface area contributed by atoms with Crippen molar-refractivity contribution < 1.29 is 24.9 Å². The maximum Gasteiger partial charge on any atom is 0.330 e. The van der Waals surface area contributed by atoms with Crippen molar-refractivity contribution >= 4 is 5.97 Å². The van der Waals surface area contributed by atoms with Crippen LogP contribution in [0.25, 0.3) is 0 Å². The molecule has 2 aliphatic rings. The van der Waals surface area contributed by atoms with Crippen molar-refractivity contribution in [1.29, 1.82) is 0 Å². The summed E-state index contributed by atoms with van der Waals surface area (Å²) in [5.74, 6) is -0.254. The Kier molecular flexibility index (Phi) is 5.79. The fourth-order valence-electron chi connectivity index (χ4n) is 3.17. The van der Waals surface area contributed by atoms with Crippen LogP contribution in [-0.4, -0.2) is 45.7 Å². The average Bonchev–Trinajstić information content (AvgIpc) is 2.43. The highest BCUT2D eigenvalue weighted by molar-refractivity contribution is 5.82. The highest BCUT2D eigenvalue weighted by Gasteiger charge is 2.35. The van der Waals surface area contributed by atoms with E-state index >= 15 is 0 Å². The third-order valence-electron chi connectivity index (χ3n) is 4.72. The molecule has 0 aromatic heterocycles. The molecule has 120 valence electrons. The maximum atomic E-state index is 11.9. The van der Waals surface area contributed by atoms with Gasteiger partial charge in [0.2, 0.25) is 0 Å². The monoisotopic (exact) mass is 298 g/mol. The molecule has 3 N–H and O–H groups in total. The lowest BCUT2D eigenvalue weighted by Crippen LogP contribution is -2.42. The summed E-state index contributed by atoms with van der Waals surface area (Å²) in [6.45, 7) is 1.83. The Labute approximate surface area is 125 Å². The minimum Gasteiger partial charge on any atom is -0.459 e. The van der Waals surface area contributed by atoms with E-state index in [1.807, 2.05) is 13.0 Å². The second kappa shape index (κ2) is 7.38. The van der Waals surface area contributed by atoms with Gasteiger partial charge >= 0.3 is 5.97 Å². The van der Waals surface area contributed by atoms with E-state index in [9.17, 15) is 20.1 Å². The summed E-state index contributed by atoms with van der Waals surface area (Å²) in [7, 11) is 0. The van der Waals surface area contributed by atoms with Crippen LogP contribution in [0.5, 0.6) is 0 Å². The Morgan fingerprint density at radius 1 is 1.05 bits per heavy atom. The van der Waals surface area contributed by atoms with Crippen LogP contribution in [0.3, 0.4) is 0 Å². The van der Waals surface area contributed by atoms with Crippen molar-refractivity contribution in [2.75, 3.05) is 0 Å². The van der Waals surface area contributed by atoms with Crippen molar-refractivity contribution in [3.63, 3.8) is 0 Å². The second-order valence-corrected chi connectivity index (χ2v) is 6.45. The molecule has 2 rings (SSSR count). The third kappa shape index (κ3) is 4.80. The van der Waals surface area contributed by atoms with Crippen molar-refractivity contribution in [1.82, 2.24) is 0 Å². The second-order valence-electron chi connectivity index (χ2n) is 6.45. The molecular formula is C16H26O5. The fourth-order valence-corrected chi connectivity index (χ4v) is 3.17. The van der Waals surface area contributed by atoms with Crippen molar-refractivity contribution in [3.8, 4) is 0 Å². The van der Waals surface area contributed by atoms with E-state index in [2.05, 4.69) is 0 Å². The molecule has 2 aliphatic carbocycles. The highest BCUT2D eigenvalue weighted by atomic mass is 16.5. The maximum absolute atomic E-state index is 11.9. The molecule has 0 radical (unpaired) electrons. The van der Waals surface area contributed by atoms with Gasteiger partial charge in [0.05, 0.1) is 18.3 Å². The summed E-state index contributed by atoms with van der Waals surface area (Å²) in [6.07, 6.45) is 5.49. The fraction of sp³-hybridized carbons (Fsp3) is 0.812. The SMILES string of the molecule is CC1C(O)CC(O)CC1OC(=O)/C=C/C1CCC(O)CC1. The number of esters is 1. The van der Waals surface area contributed by atoms with Crippen LogP contribution < -0.4 is 0 Å². The Bertz CT molecular complexity index is 373. The van der Waals surface area contributed by atoms with E-state index in [0.717, 1.165) is 25.7 Å². The predicted octanol–water partition coefficient (Wildman–Crippen LogP) is 1.16. The zero-order valence-corrected chi connectivity index (χ0v) is 12.5. The number of carbonyl (C=O) groups excluding carboxylic acids is 1. The first kappa shape index (κ1) is 16.5. The molecule has 0 heterocycles. The molecule has 0 spiro atoms. The van der Waals surface area contributed by atoms with Gasteiger partial charge in [-0.05, 0) is 38.0 Å². The molecule has 0 aliphatic heterocycles. The number of aliphatic hydroxyl groups excluding tert-OH is 3. The first-order valence-corrected chi connectivity index (χ1v) is 7.88. The van der Waals surface area contributed by atoms with E-state index in [4.69, 9.17) is 4.74 Å². The van der Waals surface area contributed by atoms with E-state index in [0.29, 0.717) is 18.8 Å². The molecule has 0 bridgehead atoms. The standard InChI is InChI=1S/C16H26O5/c1-10-14(19)8-13(18)9-15(10)21-16(20)7-4-11-2-5-12(17)6-3-11/h4,7,10-15,17-19H,2-3,5-6,8-9H2,1H3/b7-4+. The van der Waals surface area contributed by atoms with Gasteiger partial charge in [-0.3, -0.25) is 0 Å². The molecule has 2 saturated carbocycles. The minimum atomic E-state index is -0.629. The molecule has 5 nitrogen and oxygen atoms in total. The quantitative estimate of drug-likeness (QED) is 0.537. The van der Waals surface area contributed by atoms with Crippen molar-refractivity contribution in [3.05, 3.63) is 12.2 Å². The van der Waals surface area contributed by atoms with Gasteiger partial charge in [0, 0.05) is 18.4 Å². The smallest absolute Gasteiger partial charge is 0.330 e. The summed E-state index contributed by atoms with van der Waals surface area (Å²) >= 11 is 0. The summed E-state index contributed by atoms with van der Waals surface area (Å²) in [5.41, 5.74) is 0. The van der Waals surface area contributed by atoms with Gasteiger partial charge in [-0.1, -0.05) is 13.0 Å². The van der Waals surface area contributed by atoms with Crippen molar-refractivity contribution in [2.24, 2.45) is 11.8 Å². The summed E-state index contributed by atoms with van der Waals surface area (Å²) in [4.78, 5) is 11.9. The Morgan fingerprint density at radius 3 is 2.38 bits per heavy atom. The minimum absolute atomic E-state index is 0.157. The number of ether oxygens (including phenoxy) is 1. The van der Waals surface area contributed by atoms with Crippen LogP contribution in [0.2, 0.25) is 0 Å². The number of allylic oxidation sites excluding steroid dienone is 1. The third-order valence-corrected chi connectivity index (χ3v) is 4.72. The number of carbonyl (C=O) groups is 1. The molecular weight excluding hydrogens is 272 g/mol. The van der Waals surface area contributed by atoms with Gasteiger partial charge < -0.3 is 20.1 Å². The molecule has 0 aromatic rings. The van der Waals surface area contributed by atoms with Crippen LogP contribution in [0.4, 0.5) is 0 Å². The van der Waals surface area contributed by atoms with Gasteiger partial charge in [0.1, 0.15) is 6.10 Å². The lowest BCUT2D eigenvalue weighted by atomic mass is 9.83. The van der Waals surface area contributed by atoms with Crippen LogP contribution in [0.15, 0.2) is 12.2 Å². The summed E-state index contributed by atoms with van der Waals surface area (Å²) < 4.78 is 5.36. The van der Waals surface area contributed by atoms with E-state index in [-0.39, 0.29) is 12.0 Å². The first-order valence-electron chi connectivity index (χ1n) is 7.88. The lowest BCUT2D eigenvalue weighted by molar-refractivity contribution is -0.155. The number of hydrogen-bond donors (Lipinski definition) is 3. The van der Waals surface area contributed by atoms with Gasteiger partial charge in [-0.15, -0.1) is 0 Å². The van der Waals surface area contributed by atoms with Crippen LogP contribution in [0, 0.1) is 11.8 Å². The molecule has 21 heavy (non-hydrogen) atoms. The summed E-state index contributed by atoms with van der Waals surface area (Å²) in [5, 5.41) is 28.9. The van der Waals surface area contributed by atoms with E-state index in [1.165, 1.54) is 6.08 Å². The Morgan fingerprint density at radius 2 is 1.71 bits per heavy atom. The largest absolute Gasteiger partial charge is 0.459 e. The normalized spacial score (nSPS) is 41.1. The van der Waals surface area contributed by atoms with Gasteiger partial charge in [-0.2, -0.15) is 0 Å². The number of hydrogen-bond acceptors (Lipinski definition) is 5. The molecule has 4 atom stereocenters. The molecule has 0 amide bonds. The van der Waals surface area contributed by atoms with E-state index in [1.54, 1.807) is 0 Å². The predicted molar refractivity (Wildman–Crippen MR) is 77.4 cm³/mol. The molecule has 0 saturated heterocycles. The first-order chi connectivity index (χ1) is 9.95. The zero-order chi connectivity index (χ0) is 15.4. The number of aliphatic hydroxyl groups is 3. The van der Waals surface area contributed by atoms with E-state index < -0.39 is 24.3 Å². The summed E-state index contributed by atoms with van der Waals surface area (Å²) in [6, 6.07) is 0. The molecule has 2 fully saturated rings. The van der Waals surface area contributed by atoms with Crippen LogP contribution >= 0.6 is 0 Å². The Balaban J connectivity index is 1.80. The number of rotatable bonds is 3. The molecule has 4 unspecified atom stereocenters. The molecule has 0 aromatic carbocycles.